The zero-order chi connectivity index (χ0) is 37.1. The van der Waals surface area contributed by atoms with Gasteiger partial charge < -0.3 is 28.5 Å². The number of carbonyl (C=O) groups excluding carboxylic acids is 2. The van der Waals surface area contributed by atoms with Crippen LogP contribution in [0.25, 0.3) is 0 Å². The Balaban J connectivity index is 4.45. The van der Waals surface area contributed by atoms with Crippen molar-refractivity contribution in [3.63, 3.8) is 0 Å². The lowest BCUT2D eigenvalue weighted by atomic mass is 10.0. The molecular formula is C41H80NO8+. The lowest BCUT2D eigenvalue weighted by Crippen LogP contribution is -2.40. The van der Waals surface area contributed by atoms with Gasteiger partial charge in [-0.3, -0.25) is 9.59 Å². The minimum Gasteiger partial charge on any atom is -0.477 e. The van der Waals surface area contributed by atoms with E-state index in [1.165, 1.54) is 122 Å². The molecule has 0 bridgehead atoms. The Labute approximate surface area is 307 Å². The van der Waals surface area contributed by atoms with Gasteiger partial charge in [-0.05, 0) is 12.8 Å². The number of hydrogen-bond donors (Lipinski definition) is 1. The average Bonchev–Trinajstić information content (AvgIpc) is 3.06. The van der Waals surface area contributed by atoms with Crippen molar-refractivity contribution < 1.29 is 42.9 Å². The van der Waals surface area contributed by atoms with Crippen molar-refractivity contribution >= 4 is 17.9 Å². The second-order valence-corrected chi connectivity index (χ2v) is 15.3. The number of unbranched alkanes of at least 4 members (excludes halogenated alkanes) is 23. The molecule has 0 heterocycles. The summed E-state index contributed by atoms with van der Waals surface area (Å²) < 4.78 is 22.7. The third-order valence-electron chi connectivity index (χ3n) is 9.11. The molecule has 9 heteroatoms. The Hall–Kier alpha value is -1.71. The monoisotopic (exact) mass is 715 g/mol. The van der Waals surface area contributed by atoms with E-state index in [2.05, 4.69) is 13.8 Å². The van der Waals surface area contributed by atoms with E-state index in [0.717, 1.165) is 38.5 Å². The van der Waals surface area contributed by atoms with E-state index < -0.39 is 24.3 Å². The van der Waals surface area contributed by atoms with Crippen LogP contribution in [-0.4, -0.2) is 87.4 Å². The van der Waals surface area contributed by atoms with E-state index in [4.69, 9.17) is 18.9 Å². The third kappa shape index (κ3) is 34.7. The minimum absolute atomic E-state index is 0.174. The molecular weight excluding hydrogens is 634 g/mol. The molecule has 0 saturated heterocycles. The standard InChI is InChI=1S/C41H79NO8/c1-6-8-10-12-14-16-18-19-20-21-22-24-26-28-30-32-39(44)50-37(36-49-41(40(45)46)47-34-33-42(3,4)5)35-48-38(43)31-29-27-25-23-17-15-13-11-9-7-2/h37,41H,6-36H2,1-5H3/p+1. The maximum atomic E-state index is 12.7. The van der Waals surface area contributed by atoms with Crippen LogP contribution >= 0.6 is 0 Å². The van der Waals surface area contributed by atoms with Crippen molar-refractivity contribution in [1.82, 2.24) is 0 Å². The first-order valence-corrected chi connectivity index (χ1v) is 20.7. The fourth-order valence-electron chi connectivity index (χ4n) is 5.84. The predicted octanol–water partition coefficient (Wildman–Crippen LogP) is 10.2. The fraction of sp³-hybridized carbons (Fsp3) is 0.927. The van der Waals surface area contributed by atoms with Crippen molar-refractivity contribution in [2.75, 3.05) is 47.5 Å². The van der Waals surface area contributed by atoms with E-state index in [0.29, 0.717) is 17.4 Å². The summed E-state index contributed by atoms with van der Waals surface area (Å²) in [5, 5.41) is 9.59. The molecule has 50 heavy (non-hydrogen) atoms. The highest BCUT2D eigenvalue weighted by atomic mass is 16.7. The first-order chi connectivity index (χ1) is 24.1. The topological polar surface area (TPSA) is 108 Å². The van der Waals surface area contributed by atoms with Gasteiger partial charge in [-0.1, -0.05) is 162 Å². The van der Waals surface area contributed by atoms with Crippen LogP contribution in [0.5, 0.6) is 0 Å². The number of aliphatic carboxylic acids is 1. The first-order valence-electron chi connectivity index (χ1n) is 20.7. The number of likely N-dealkylation sites (N-methyl/N-ethyl adjacent to an activating group) is 1. The largest absolute Gasteiger partial charge is 0.477 e. The zero-order valence-corrected chi connectivity index (χ0v) is 33.3. The maximum Gasteiger partial charge on any atom is 0.361 e. The number of hydrogen-bond acceptors (Lipinski definition) is 7. The Morgan fingerprint density at radius 2 is 0.900 bits per heavy atom. The number of carbonyl (C=O) groups is 3. The van der Waals surface area contributed by atoms with E-state index in [-0.39, 0.29) is 32.2 Å². The van der Waals surface area contributed by atoms with Crippen LogP contribution in [0.4, 0.5) is 0 Å². The third-order valence-corrected chi connectivity index (χ3v) is 9.11. The van der Waals surface area contributed by atoms with Crippen LogP contribution in [0.2, 0.25) is 0 Å². The van der Waals surface area contributed by atoms with E-state index in [9.17, 15) is 19.5 Å². The molecule has 2 atom stereocenters. The summed E-state index contributed by atoms with van der Waals surface area (Å²) in [5.41, 5.74) is 0. The molecule has 0 radical (unpaired) electrons. The van der Waals surface area contributed by atoms with Crippen LogP contribution in [0, 0.1) is 0 Å². The van der Waals surface area contributed by atoms with Crippen LogP contribution < -0.4 is 0 Å². The molecule has 0 fully saturated rings. The van der Waals surface area contributed by atoms with Crippen molar-refractivity contribution in [3.05, 3.63) is 0 Å². The van der Waals surface area contributed by atoms with Crippen LogP contribution in [0.1, 0.15) is 187 Å². The van der Waals surface area contributed by atoms with E-state index in [1.54, 1.807) is 0 Å². The number of carboxylic acid groups (broad SMARTS) is 1. The summed E-state index contributed by atoms with van der Waals surface area (Å²) >= 11 is 0. The van der Waals surface area contributed by atoms with Crippen molar-refractivity contribution in [2.45, 2.75) is 200 Å². The Morgan fingerprint density at radius 3 is 1.28 bits per heavy atom. The zero-order valence-electron chi connectivity index (χ0n) is 33.3. The number of ether oxygens (including phenoxy) is 4. The number of nitrogens with zero attached hydrogens (tertiary/aromatic N) is 1. The second kappa shape index (κ2) is 34.4. The van der Waals surface area contributed by atoms with Crippen LogP contribution in [-0.2, 0) is 33.3 Å². The lowest BCUT2D eigenvalue weighted by Gasteiger charge is -2.25. The van der Waals surface area contributed by atoms with Gasteiger partial charge in [0.1, 0.15) is 13.2 Å². The van der Waals surface area contributed by atoms with Gasteiger partial charge in [-0.25, -0.2) is 4.79 Å². The van der Waals surface area contributed by atoms with Crippen LogP contribution in [0.15, 0.2) is 0 Å². The summed E-state index contributed by atoms with van der Waals surface area (Å²) in [7, 11) is 5.95. The average molecular weight is 715 g/mol. The van der Waals surface area contributed by atoms with Gasteiger partial charge in [0.2, 0.25) is 0 Å². The van der Waals surface area contributed by atoms with Crippen LogP contribution in [0.3, 0.4) is 0 Å². The minimum atomic E-state index is -1.50. The molecule has 2 unspecified atom stereocenters. The first kappa shape index (κ1) is 48.3. The second-order valence-electron chi connectivity index (χ2n) is 15.3. The molecule has 1 N–H and O–H groups in total. The fourth-order valence-corrected chi connectivity index (χ4v) is 5.84. The molecule has 0 aromatic carbocycles. The predicted molar refractivity (Wildman–Crippen MR) is 203 cm³/mol. The van der Waals surface area contributed by atoms with Gasteiger partial charge in [0.25, 0.3) is 6.29 Å². The number of carboxylic acids is 1. The van der Waals surface area contributed by atoms with Gasteiger partial charge >= 0.3 is 17.9 Å². The highest BCUT2D eigenvalue weighted by Crippen LogP contribution is 2.15. The van der Waals surface area contributed by atoms with Crippen molar-refractivity contribution in [2.24, 2.45) is 0 Å². The SMILES string of the molecule is CCCCCCCCCCCCCCCCCC(=O)OC(COC(=O)CCCCCCCCCCCC)COC(OCC[N+](C)(C)C)C(=O)O. The van der Waals surface area contributed by atoms with Crippen molar-refractivity contribution in [1.29, 1.82) is 0 Å². The quantitative estimate of drug-likeness (QED) is 0.0291. The highest BCUT2D eigenvalue weighted by molar-refractivity contribution is 5.71. The van der Waals surface area contributed by atoms with Gasteiger partial charge in [0.05, 0.1) is 34.4 Å². The molecule has 0 spiro atoms. The molecule has 0 aromatic heterocycles. The molecule has 0 aromatic rings. The smallest absolute Gasteiger partial charge is 0.361 e. The molecule has 0 aliphatic carbocycles. The maximum absolute atomic E-state index is 12.7. The lowest BCUT2D eigenvalue weighted by molar-refractivity contribution is -0.870. The molecule has 0 amide bonds. The summed E-state index contributed by atoms with van der Waals surface area (Å²) in [6.07, 6.45) is 28.7. The van der Waals surface area contributed by atoms with E-state index >= 15 is 0 Å². The Morgan fingerprint density at radius 1 is 0.520 bits per heavy atom. The summed E-state index contributed by atoms with van der Waals surface area (Å²) in [5.74, 6) is -1.99. The van der Waals surface area contributed by atoms with Crippen molar-refractivity contribution in [3.8, 4) is 0 Å². The summed E-state index contributed by atoms with van der Waals surface area (Å²) in [4.78, 5) is 36.9. The number of quaternary nitrogens is 1. The number of rotatable bonds is 38. The van der Waals surface area contributed by atoms with E-state index in [1.807, 2.05) is 21.1 Å². The Bertz CT molecular complexity index is 800. The molecule has 0 rings (SSSR count). The molecule has 296 valence electrons. The van der Waals surface area contributed by atoms with Gasteiger partial charge in [0.15, 0.2) is 6.10 Å². The summed E-state index contributed by atoms with van der Waals surface area (Å²) in [6.45, 7) is 4.87. The highest BCUT2D eigenvalue weighted by Gasteiger charge is 2.25. The number of esters is 2. The molecule has 0 aliphatic heterocycles. The van der Waals surface area contributed by atoms with Gasteiger partial charge in [0, 0.05) is 12.8 Å². The van der Waals surface area contributed by atoms with Gasteiger partial charge in [-0.2, -0.15) is 0 Å². The molecule has 9 nitrogen and oxygen atoms in total. The molecule has 0 aliphatic rings. The summed E-state index contributed by atoms with van der Waals surface area (Å²) in [6, 6.07) is 0. The molecule has 0 saturated carbocycles. The normalized spacial score (nSPS) is 12.9. The van der Waals surface area contributed by atoms with Gasteiger partial charge in [-0.15, -0.1) is 0 Å². The Kier molecular flexibility index (Phi) is 33.2.